The van der Waals surface area contributed by atoms with E-state index in [9.17, 15) is 18.8 Å². The number of ketones is 1. The van der Waals surface area contributed by atoms with Crippen LogP contribution in [0.15, 0.2) is 48.5 Å². The van der Waals surface area contributed by atoms with E-state index in [1.165, 1.54) is 25.1 Å². The average Bonchev–Trinajstić information content (AvgIpc) is 2.55. The second-order valence-corrected chi connectivity index (χ2v) is 4.82. The van der Waals surface area contributed by atoms with Gasteiger partial charge in [0.15, 0.2) is 12.4 Å². The summed E-state index contributed by atoms with van der Waals surface area (Å²) in [5.74, 6) is -1.31. The van der Waals surface area contributed by atoms with E-state index in [1.807, 2.05) is 5.32 Å². The van der Waals surface area contributed by atoms with Gasteiger partial charge in [-0.05, 0) is 31.2 Å². The number of rotatable bonds is 5. The monoisotopic (exact) mass is 330 g/mol. The molecule has 0 atom stereocenters. The van der Waals surface area contributed by atoms with Gasteiger partial charge in [0.2, 0.25) is 0 Å². The summed E-state index contributed by atoms with van der Waals surface area (Å²) in [6.45, 7) is 0.916. The zero-order valence-corrected chi connectivity index (χ0v) is 12.8. The van der Waals surface area contributed by atoms with Crippen molar-refractivity contribution >= 4 is 23.4 Å². The van der Waals surface area contributed by atoms with E-state index in [4.69, 9.17) is 4.74 Å². The van der Waals surface area contributed by atoms with Gasteiger partial charge in [-0.2, -0.15) is 0 Å². The normalized spacial score (nSPS) is 9.92. The lowest BCUT2D eigenvalue weighted by Gasteiger charge is -2.10. The summed E-state index contributed by atoms with van der Waals surface area (Å²) in [6, 6.07) is 11.1. The molecule has 2 aromatic rings. The van der Waals surface area contributed by atoms with E-state index in [-0.39, 0.29) is 17.2 Å². The van der Waals surface area contributed by atoms with E-state index in [0.29, 0.717) is 5.56 Å². The molecular weight excluding hydrogens is 315 g/mol. The van der Waals surface area contributed by atoms with Crippen LogP contribution in [0.3, 0.4) is 0 Å². The second-order valence-electron chi connectivity index (χ2n) is 4.82. The molecule has 0 aliphatic heterocycles. The number of carbonyl (C=O) groups is 3. The highest BCUT2D eigenvalue weighted by molar-refractivity contribution is 6.02. The quantitative estimate of drug-likeness (QED) is 0.826. The third-order valence-electron chi connectivity index (χ3n) is 3.00. The summed E-state index contributed by atoms with van der Waals surface area (Å²) in [6.07, 6.45) is 0. The number of hydrogen-bond acceptors (Lipinski definition) is 4. The summed E-state index contributed by atoms with van der Waals surface area (Å²) in [5.41, 5.74) is 0.284. The number of anilines is 1. The lowest BCUT2D eigenvalue weighted by atomic mass is 10.1. The SMILES string of the molecule is CC(=O)c1ccccc1OCC(=O)NC(=O)Nc1ccccc1F. The summed E-state index contributed by atoms with van der Waals surface area (Å²) < 4.78 is 18.6. The van der Waals surface area contributed by atoms with Crippen LogP contribution in [-0.4, -0.2) is 24.3 Å². The molecule has 0 aliphatic rings. The van der Waals surface area contributed by atoms with Crippen LogP contribution in [0.5, 0.6) is 5.75 Å². The van der Waals surface area contributed by atoms with Gasteiger partial charge >= 0.3 is 6.03 Å². The van der Waals surface area contributed by atoms with Gasteiger partial charge in [-0.1, -0.05) is 24.3 Å². The van der Waals surface area contributed by atoms with Crippen molar-refractivity contribution in [2.75, 3.05) is 11.9 Å². The van der Waals surface area contributed by atoms with Gasteiger partial charge in [0.05, 0.1) is 11.3 Å². The Bertz CT molecular complexity index is 777. The van der Waals surface area contributed by atoms with Gasteiger partial charge in [-0.15, -0.1) is 0 Å². The molecule has 0 heterocycles. The first kappa shape index (κ1) is 17.1. The first-order valence-electron chi connectivity index (χ1n) is 7.05. The first-order valence-corrected chi connectivity index (χ1v) is 7.05. The summed E-state index contributed by atoms with van der Waals surface area (Å²) in [4.78, 5) is 34.8. The van der Waals surface area contributed by atoms with E-state index < -0.39 is 24.4 Å². The Labute approximate surface area is 137 Å². The number of halogens is 1. The van der Waals surface area contributed by atoms with Crippen molar-refractivity contribution in [3.63, 3.8) is 0 Å². The fraction of sp³-hybridized carbons (Fsp3) is 0.118. The fourth-order valence-corrected chi connectivity index (χ4v) is 1.91. The van der Waals surface area contributed by atoms with E-state index in [0.717, 1.165) is 0 Å². The summed E-state index contributed by atoms with van der Waals surface area (Å²) in [5, 5.41) is 4.22. The van der Waals surface area contributed by atoms with Crippen LogP contribution in [0, 0.1) is 5.82 Å². The third-order valence-corrected chi connectivity index (χ3v) is 3.00. The maximum Gasteiger partial charge on any atom is 0.326 e. The molecule has 2 N–H and O–H groups in total. The molecule has 0 fully saturated rings. The van der Waals surface area contributed by atoms with Crippen LogP contribution in [-0.2, 0) is 4.79 Å². The van der Waals surface area contributed by atoms with Crippen molar-refractivity contribution < 1.29 is 23.5 Å². The fourth-order valence-electron chi connectivity index (χ4n) is 1.91. The Morgan fingerprint density at radius 1 is 1.04 bits per heavy atom. The number of benzene rings is 2. The molecule has 3 amide bonds. The Kier molecular flexibility index (Phi) is 5.62. The van der Waals surface area contributed by atoms with Crippen LogP contribution in [0.25, 0.3) is 0 Å². The van der Waals surface area contributed by atoms with Crippen molar-refractivity contribution in [3.8, 4) is 5.75 Å². The van der Waals surface area contributed by atoms with Crippen molar-refractivity contribution in [1.82, 2.24) is 5.32 Å². The van der Waals surface area contributed by atoms with Gasteiger partial charge in [-0.3, -0.25) is 14.9 Å². The zero-order valence-electron chi connectivity index (χ0n) is 12.8. The maximum absolute atomic E-state index is 13.4. The molecule has 0 saturated heterocycles. The van der Waals surface area contributed by atoms with E-state index in [2.05, 4.69) is 5.32 Å². The number of imide groups is 1. The number of Topliss-reactive ketones (excluding diaryl/α,β-unsaturated/α-hetero) is 1. The lowest BCUT2D eigenvalue weighted by molar-refractivity contribution is -0.121. The predicted octanol–water partition coefficient (Wildman–Crippen LogP) is 2.76. The van der Waals surface area contributed by atoms with Gasteiger partial charge < -0.3 is 10.1 Å². The molecule has 7 heteroatoms. The largest absolute Gasteiger partial charge is 0.483 e. The van der Waals surface area contributed by atoms with Crippen molar-refractivity contribution in [2.24, 2.45) is 0 Å². The Hall–Kier alpha value is -3.22. The molecule has 124 valence electrons. The molecule has 0 bridgehead atoms. The Morgan fingerprint density at radius 2 is 1.71 bits per heavy atom. The molecule has 2 aromatic carbocycles. The van der Waals surface area contributed by atoms with Crippen LogP contribution in [0.2, 0.25) is 0 Å². The number of nitrogens with one attached hydrogen (secondary N) is 2. The highest BCUT2D eigenvalue weighted by atomic mass is 19.1. The number of para-hydroxylation sites is 2. The number of hydrogen-bond donors (Lipinski definition) is 2. The van der Waals surface area contributed by atoms with Crippen molar-refractivity contribution in [2.45, 2.75) is 6.92 Å². The molecule has 0 unspecified atom stereocenters. The lowest BCUT2D eigenvalue weighted by Crippen LogP contribution is -2.37. The number of urea groups is 1. The highest BCUT2D eigenvalue weighted by Crippen LogP contribution is 2.18. The average molecular weight is 330 g/mol. The van der Waals surface area contributed by atoms with E-state index in [1.54, 1.807) is 30.3 Å². The van der Waals surface area contributed by atoms with Crippen LogP contribution in [0.1, 0.15) is 17.3 Å². The summed E-state index contributed by atoms with van der Waals surface area (Å²) in [7, 11) is 0. The Morgan fingerprint density at radius 3 is 2.42 bits per heavy atom. The minimum Gasteiger partial charge on any atom is -0.483 e. The van der Waals surface area contributed by atoms with Crippen molar-refractivity contribution in [3.05, 3.63) is 59.9 Å². The van der Waals surface area contributed by atoms with Gasteiger partial charge in [0, 0.05) is 0 Å². The minimum absolute atomic E-state index is 0.0503. The molecule has 24 heavy (non-hydrogen) atoms. The van der Waals surface area contributed by atoms with Crippen LogP contribution >= 0.6 is 0 Å². The third kappa shape index (κ3) is 4.64. The van der Waals surface area contributed by atoms with Gasteiger partial charge in [0.1, 0.15) is 11.6 Å². The standard InChI is InChI=1S/C17H15FN2O4/c1-11(21)12-6-2-5-9-15(12)24-10-16(22)20-17(23)19-14-8-4-3-7-13(14)18/h2-9H,10H2,1H3,(H2,19,20,22,23). The maximum atomic E-state index is 13.4. The molecule has 2 rings (SSSR count). The van der Waals surface area contributed by atoms with Crippen molar-refractivity contribution in [1.29, 1.82) is 0 Å². The minimum atomic E-state index is -0.881. The molecule has 0 aromatic heterocycles. The second kappa shape index (κ2) is 7.87. The van der Waals surface area contributed by atoms with Gasteiger partial charge in [0.25, 0.3) is 5.91 Å². The highest BCUT2D eigenvalue weighted by Gasteiger charge is 2.13. The molecule has 0 radical (unpaired) electrons. The summed E-state index contributed by atoms with van der Waals surface area (Å²) >= 11 is 0. The first-order chi connectivity index (χ1) is 11.5. The molecular formula is C17H15FN2O4. The molecule has 0 saturated carbocycles. The molecule has 0 spiro atoms. The van der Waals surface area contributed by atoms with E-state index >= 15 is 0 Å². The number of amides is 3. The van der Waals surface area contributed by atoms with Gasteiger partial charge in [-0.25, -0.2) is 9.18 Å². The number of ether oxygens (including phenoxy) is 1. The zero-order chi connectivity index (χ0) is 17.5. The smallest absolute Gasteiger partial charge is 0.326 e. The molecule has 6 nitrogen and oxygen atoms in total. The van der Waals surface area contributed by atoms with Crippen LogP contribution < -0.4 is 15.4 Å². The Balaban J connectivity index is 1.89. The molecule has 0 aliphatic carbocycles. The predicted molar refractivity (Wildman–Crippen MR) is 85.5 cm³/mol. The number of carbonyl (C=O) groups excluding carboxylic acids is 3. The topological polar surface area (TPSA) is 84.5 Å². The van der Waals surface area contributed by atoms with Crippen LogP contribution in [0.4, 0.5) is 14.9 Å².